The summed E-state index contributed by atoms with van der Waals surface area (Å²) in [5.41, 5.74) is 1.02. The van der Waals surface area contributed by atoms with E-state index in [1.807, 2.05) is 6.92 Å². The van der Waals surface area contributed by atoms with Crippen molar-refractivity contribution in [3.05, 3.63) is 29.8 Å². The zero-order valence-electron chi connectivity index (χ0n) is 12.5. The quantitative estimate of drug-likeness (QED) is 0.519. The summed E-state index contributed by atoms with van der Waals surface area (Å²) in [5.74, 6) is 0.619. The molecule has 20 heavy (non-hydrogen) atoms. The molecule has 5 heteroatoms. The van der Waals surface area contributed by atoms with Gasteiger partial charge in [-0.1, -0.05) is 31.5 Å². The highest BCUT2D eigenvalue weighted by Gasteiger charge is 2.14. The molecule has 1 aromatic rings. The molecule has 0 aliphatic rings. The van der Waals surface area contributed by atoms with Crippen molar-refractivity contribution in [2.75, 3.05) is 19.8 Å². The molecule has 0 N–H and O–H groups in total. The fourth-order valence-corrected chi connectivity index (χ4v) is 2.47. The summed E-state index contributed by atoms with van der Waals surface area (Å²) >= 11 is 0. The van der Waals surface area contributed by atoms with E-state index >= 15 is 0 Å². The van der Waals surface area contributed by atoms with Gasteiger partial charge in [0.15, 0.2) is 0 Å². The Hall–Kier alpha value is -0.910. The van der Waals surface area contributed by atoms with Crippen LogP contribution in [0.25, 0.3) is 0 Å². The molecule has 0 fully saturated rings. The lowest BCUT2D eigenvalue weighted by atomic mass is 10.1. The van der Waals surface area contributed by atoms with E-state index in [1.165, 1.54) is 0 Å². The van der Waals surface area contributed by atoms with Crippen LogP contribution in [0.3, 0.4) is 0 Å². The van der Waals surface area contributed by atoms with E-state index in [2.05, 4.69) is 13.8 Å². The van der Waals surface area contributed by atoms with E-state index in [0.717, 1.165) is 12.0 Å². The van der Waals surface area contributed by atoms with Gasteiger partial charge in [0, 0.05) is 13.2 Å². The Kier molecular flexibility index (Phi) is 7.19. The van der Waals surface area contributed by atoms with Crippen molar-refractivity contribution in [1.29, 1.82) is 0 Å². The van der Waals surface area contributed by atoms with Crippen LogP contribution in [-0.2, 0) is 19.0 Å². The average Bonchev–Trinajstić information content (AvgIpc) is 2.37. The molecule has 0 aliphatic carbocycles. The minimum Gasteiger partial charge on any atom is -0.381 e. The maximum Gasteiger partial charge on any atom is 0.296 e. The van der Waals surface area contributed by atoms with Crippen molar-refractivity contribution in [3.63, 3.8) is 0 Å². The lowest BCUT2D eigenvalue weighted by molar-refractivity contribution is 0.111. The minimum atomic E-state index is -3.64. The molecule has 1 rings (SSSR count). The summed E-state index contributed by atoms with van der Waals surface area (Å²) in [4.78, 5) is 0.198. The Bertz CT molecular complexity index is 477. The number of hydrogen-bond donors (Lipinski definition) is 0. The van der Waals surface area contributed by atoms with E-state index in [-0.39, 0.29) is 11.5 Å². The zero-order chi connectivity index (χ0) is 15.0. The first-order valence-corrected chi connectivity index (χ1v) is 8.36. The molecule has 0 atom stereocenters. The molecule has 0 aromatic heterocycles. The van der Waals surface area contributed by atoms with Crippen molar-refractivity contribution in [2.24, 2.45) is 5.92 Å². The van der Waals surface area contributed by atoms with Gasteiger partial charge >= 0.3 is 0 Å². The van der Waals surface area contributed by atoms with Crippen molar-refractivity contribution >= 4 is 10.1 Å². The van der Waals surface area contributed by atoms with Crippen LogP contribution < -0.4 is 0 Å². The fraction of sp³-hybridized carbons (Fsp3) is 0.600. The van der Waals surface area contributed by atoms with Crippen LogP contribution in [0.15, 0.2) is 29.2 Å². The summed E-state index contributed by atoms with van der Waals surface area (Å²) in [7, 11) is -3.64. The van der Waals surface area contributed by atoms with Gasteiger partial charge in [-0.05, 0) is 37.8 Å². The Morgan fingerprint density at radius 3 is 2.30 bits per heavy atom. The van der Waals surface area contributed by atoms with Crippen LogP contribution in [0.1, 0.15) is 32.3 Å². The third-order valence-corrected chi connectivity index (χ3v) is 4.15. The zero-order valence-corrected chi connectivity index (χ0v) is 13.3. The van der Waals surface area contributed by atoms with Gasteiger partial charge in [-0.3, -0.25) is 4.18 Å². The molecule has 0 bridgehead atoms. The molecule has 0 heterocycles. The first kappa shape index (κ1) is 17.1. The third kappa shape index (κ3) is 6.50. The molecule has 1 aromatic carbocycles. The lowest BCUT2D eigenvalue weighted by Crippen LogP contribution is -2.10. The van der Waals surface area contributed by atoms with Crippen LogP contribution in [0.4, 0.5) is 0 Å². The highest BCUT2D eigenvalue weighted by atomic mass is 32.2. The SMILES string of the molecule is Cc1ccc(S(=O)(=O)OCCCOCCC(C)C)cc1. The number of rotatable bonds is 9. The van der Waals surface area contributed by atoms with Crippen molar-refractivity contribution in [2.45, 2.75) is 38.5 Å². The molecular formula is C15H24O4S. The highest BCUT2D eigenvalue weighted by Crippen LogP contribution is 2.13. The van der Waals surface area contributed by atoms with Crippen LogP contribution in [-0.4, -0.2) is 28.2 Å². The Morgan fingerprint density at radius 1 is 1.05 bits per heavy atom. The van der Waals surface area contributed by atoms with Gasteiger partial charge in [-0.25, -0.2) is 0 Å². The van der Waals surface area contributed by atoms with E-state index < -0.39 is 10.1 Å². The Balaban J connectivity index is 2.25. The second-order valence-corrected chi connectivity index (χ2v) is 6.85. The summed E-state index contributed by atoms with van der Waals surface area (Å²) in [6.45, 7) is 7.57. The number of hydrogen-bond acceptors (Lipinski definition) is 4. The van der Waals surface area contributed by atoms with Gasteiger partial charge in [0.1, 0.15) is 0 Å². The van der Waals surface area contributed by atoms with Gasteiger partial charge in [0.25, 0.3) is 10.1 Å². The summed E-state index contributed by atoms with van der Waals surface area (Å²) < 4.78 is 34.1. The van der Waals surface area contributed by atoms with E-state index in [0.29, 0.717) is 25.6 Å². The normalized spacial score (nSPS) is 12.0. The van der Waals surface area contributed by atoms with E-state index in [4.69, 9.17) is 8.92 Å². The molecule has 0 unspecified atom stereocenters. The standard InChI is InChI=1S/C15H24O4S/c1-13(2)9-12-18-10-4-11-19-20(16,17)15-7-5-14(3)6-8-15/h5-8,13H,4,9-12H2,1-3H3. The second kappa shape index (κ2) is 8.39. The van der Waals surface area contributed by atoms with E-state index in [1.54, 1.807) is 24.3 Å². The maximum atomic E-state index is 11.9. The summed E-state index contributed by atoms with van der Waals surface area (Å²) in [6, 6.07) is 6.63. The van der Waals surface area contributed by atoms with Crippen molar-refractivity contribution in [3.8, 4) is 0 Å². The largest absolute Gasteiger partial charge is 0.381 e. The monoisotopic (exact) mass is 300 g/mol. The number of ether oxygens (including phenoxy) is 1. The smallest absolute Gasteiger partial charge is 0.296 e. The van der Waals surface area contributed by atoms with Crippen molar-refractivity contribution < 1.29 is 17.3 Å². The third-order valence-electron chi connectivity index (χ3n) is 2.82. The average molecular weight is 300 g/mol. The molecule has 4 nitrogen and oxygen atoms in total. The predicted octanol–water partition coefficient (Wildman–Crippen LogP) is 3.15. The van der Waals surface area contributed by atoms with Crippen LogP contribution in [0, 0.1) is 12.8 Å². The lowest BCUT2D eigenvalue weighted by Gasteiger charge is -2.07. The molecule has 0 spiro atoms. The van der Waals surface area contributed by atoms with Gasteiger partial charge in [0.2, 0.25) is 0 Å². The van der Waals surface area contributed by atoms with Gasteiger partial charge < -0.3 is 4.74 Å². The molecule has 0 aliphatic heterocycles. The summed E-state index contributed by atoms with van der Waals surface area (Å²) in [5, 5.41) is 0. The molecule has 0 saturated heterocycles. The molecule has 0 radical (unpaired) electrons. The van der Waals surface area contributed by atoms with Gasteiger partial charge in [-0.2, -0.15) is 8.42 Å². The first-order chi connectivity index (χ1) is 9.42. The van der Waals surface area contributed by atoms with Crippen molar-refractivity contribution in [1.82, 2.24) is 0 Å². The first-order valence-electron chi connectivity index (χ1n) is 6.95. The van der Waals surface area contributed by atoms with Crippen LogP contribution in [0.2, 0.25) is 0 Å². The Labute approximate surface area is 122 Å². The second-order valence-electron chi connectivity index (χ2n) is 5.24. The number of aryl methyl sites for hydroxylation is 1. The fourth-order valence-electron chi connectivity index (χ4n) is 1.52. The Morgan fingerprint density at radius 2 is 1.70 bits per heavy atom. The predicted molar refractivity (Wildman–Crippen MR) is 79.2 cm³/mol. The topological polar surface area (TPSA) is 52.6 Å². The van der Waals surface area contributed by atoms with Crippen LogP contribution >= 0.6 is 0 Å². The molecule has 0 saturated carbocycles. The molecule has 114 valence electrons. The van der Waals surface area contributed by atoms with E-state index in [9.17, 15) is 8.42 Å². The number of benzene rings is 1. The molecule has 0 amide bonds. The van der Waals surface area contributed by atoms with Gasteiger partial charge in [0.05, 0.1) is 11.5 Å². The maximum absolute atomic E-state index is 11.9. The summed E-state index contributed by atoms with van der Waals surface area (Å²) in [6.07, 6.45) is 1.59. The molecular weight excluding hydrogens is 276 g/mol. The van der Waals surface area contributed by atoms with Gasteiger partial charge in [-0.15, -0.1) is 0 Å². The minimum absolute atomic E-state index is 0.151. The highest BCUT2D eigenvalue weighted by molar-refractivity contribution is 7.86. The van der Waals surface area contributed by atoms with Crippen LogP contribution in [0.5, 0.6) is 0 Å².